The molecule has 4 rings (SSSR count). The Balaban J connectivity index is 1.82. The lowest BCUT2D eigenvalue weighted by atomic mass is 10.2. The van der Waals surface area contributed by atoms with Crippen LogP contribution in [0.15, 0.2) is 52.3 Å². The Labute approximate surface area is 161 Å². The molecule has 3 heterocycles. The molecule has 0 saturated heterocycles. The van der Waals surface area contributed by atoms with Crippen molar-refractivity contribution in [3.63, 3.8) is 0 Å². The van der Waals surface area contributed by atoms with Crippen molar-refractivity contribution in [2.24, 2.45) is 7.05 Å². The summed E-state index contributed by atoms with van der Waals surface area (Å²) in [5, 5.41) is 4.45. The number of nitrogens with one attached hydrogen (secondary N) is 1. The Hall–Kier alpha value is -3.42. The van der Waals surface area contributed by atoms with Crippen LogP contribution in [0.2, 0.25) is 0 Å². The standard InChI is InChI=1S/C20H22N6O2/c1-3-4-10-26-16-18(24(2)20(28)23-19(16)27)22-17(26)15-11-21-25(13-15)12-14-8-6-5-7-9-14/h5-9,11,13H,3-4,10,12H2,1-2H3,(H,23,27,28). The van der Waals surface area contributed by atoms with Gasteiger partial charge in [-0.05, 0) is 12.0 Å². The maximum Gasteiger partial charge on any atom is 0.329 e. The predicted octanol–water partition coefficient (Wildman–Crippen LogP) is 2.14. The van der Waals surface area contributed by atoms with Gasteiger partial charge < -0.3 is 4.57 Å². The number of hydrogen-bond donors (Lipinski definition) is 1. The van der Waals surface area contributed by atoms with E-state index in [0.29, 0.717) is 30.1 Å². The highest BCUT2D eigenvalue weighted by Crippen LogP contribution is 2.23. The number of fused-ring (bicyclic) bond motifs is 1. The minimum absolute atomic E-state index is 0.385. The van der Waals surface area contributed by atoms with Crippen LogP contribution in [0.1, 0.15) is 25.3 Å². The molecule has 3 aromatic heterocycles. The van der Waals surface area contributed by atoms with Crippen LogP contribution < -0.4 is 11.2 Å². The summed E-state index contributed by atoms with van der Waals surface area (Å²) in [5.74, 6) is 0.648. The molecule has 0 aliphatic carbocycles. The fraction of sp³-hybridized carbons (Fsp3) is 0.300. The second kappa shape index (κ2) is 7.30. The van der Waals surface area contributed by atoms with E-state index in [1.54, 1.807) is 13.2 Å². The largest absolute Gasteiger partial charge is 0.329 e. The zero-order chi connectivity index (χ0) is 19.7. The molecule has 8 heteroatoms. The van der Waals surface area contributed by atoms with Gasteiger partial charge in [0.15, 0.2) is 11.2 Å². The van der Waals surface area contributed by atoms with Gasteiger partial charge in [0.2, 0.25) is 0 Å². The van der Waals surface area contributed by atoms with E-state index in [0.717, 1.165) is 24.0 Å². The average Bonchev–Trinajstić information content (AvgIpc) is 3.30. The molecule has 0 saturated carbocycles. The summed E-state index contributed by atoms with van der Waals surface area (Å²) in [7, 11) is 1.61. The molecule has 0 bridgehead atoms. The molecule has 0 fully saturated rings. The second-order valence-corrected chi connectivity index (χ2v) is 6.84. The van der Waals surface area contributed by atoms with Crippen molar-refractivity contribution >= 4 is 11.2 Å². The third kappa shape index (κ3) is 3.17. The van der Waals surface area contributed by atoms with Crippen molar-refractivity contribution < 1.29 is 0 Å². The van der Waals surface area contributed by atoms with Crippen molar-refractivity contribution in [3.8, 4) is 11.4 Å². The lowest BCUT2D eigenvalue weighted by Gasteiger charge is -2.06. The molecule has 0 unspecified atom stereocenters. The molecule has 1 aromatic carbocycles. The van der Waals surface area contributed by atoms with Crippen LogP contribution in [0.3, 0.4) is 0 Å². The van der Waals surface area contributed by atoms with Gasteiger partial charge >= 0.3 is 5.69 Å². The number of aromatic nitrogens is 6. The van der Waals surface area contributed by atoms with Crippen LogP contribution >= 0.6 is 0 Å². The maximum atomic E-state index is 12.5. The number of imidazole rings is 1. The Bertz CT molecular complexity index is 1230. The molecule has 0 aliphatic rings. The summed E-state index contributed by atoms with van der Waals surface area (Å²) in [6.45, 7) is 3.39. The van der Waals surface area contributed by atoms with Crippen LogP contribution in [0.4, 0.5) is 0 Å². The quantitative estimate of drug-likeness (QED) is 0.556. The number of hydrogen-bond acceptors (Lipinski definition) is 4. The van der Waals surface area contributed by atoms with E-state index >= 15 is 0 Å². The SMILES string of the molecule is CCCCn1c(-c2cnn(Cc3ccccc3)c2)nc2c1c(=O)[nH]c(=O)n2C. The van der Waals surface area contributed by atoms with E-state index in [9.17, 15) is 9.59 Å². The molecule has 28 heavy (non-hydrogen) atoms. The molecule has 0 spiro atoms. The number of unbranched alkanes of at least 4 members (excludes halogenated alkanes) is 1. The fourth-order valence-electron chi connectivity index (χ4n) is 3.32. The number of rotatable bonds is 6. The van der Waals surface area contributed by atoms with E-state index in [-0.39, 0.29) is 0 Å². The van der Waals surface area contributed by atoms with Crippen molar-refractivity contribution in [1.29, 1.82) is 0 Å². The molecule has 0 amide bonds. The summed E-state index contributed by atoms with van der Waals surface area (Å²) in [6, 6.07) is 10.1. The van der Waals surface area contributed by atoms with Crippen LogP contribution in [-0.2, 0) is 20.1 Å². The first kappa shape index (κ1) is 18.0. The van der Waals surface area contributed by atoms with Crippen molar-refractivity contribution in [1.82, 2.24) is 28.9 Å². The van der Waals surface area contributed by atoms with Gasteiger partial charge in [0.1, 0.15) is 5.82 Å². The third-order valence-corrected chi connectivity index (χ3v) is 4.82. The Morgan fingerprint density at radius 2 is 1.93 bits per heavy atom. The summed E-state index contributed by atoms with van der Waals surface area (Å²) in [6.07, 6.45) is 5.55. The van der Waals surface area contributed by atoms with Crippen LogP contribution in [0, 0.1) is 0 Å². The fourth-order valence-corrected chi connectivity index (χ4v) is 3.32. The summed E-state index contributed by atoms with van der Waals surface area (Å²) in [4.78, 5) is 31.5. The molecule has 4 aromatic rings. The lowest BCUT2D eigenvalue weighted by Crippen LogP contribution is -2.29. The zero-order valence-corrected chi connectivity index (χ0v) is 15.9. The number of nitrogens with zero attached hydrogens (tertiary/aromatic N) is 5. The normalized spacial score (nSPS) is 11.4. The first-order valence-electron chi connectivity index (χ1n) is 9.34. The van der Waals surface area contributed by atoms with Crippen molar-refractivity contribution in [2.75, 3.05) is 0 Å². The summed E-state index contributed by atoms with van der Waals surface area (Å²) >= 11 is 0. The topological polar surface area (TPSA) is 90.5 Å². The van der Waals surface area contributed by atoms with E-state index in [4.69, 9.17) is 0 Å². The van der Waals surface area contributed by atoms with E-state index in [1.165, 1.54) is 4.57 Å². The Kier molecular flexibility index (Phi) is 4.68. The molecule has 0 radical (unpaired) electrons. The molecule has 144 valence electrons. The zero-order valence-electron chi connectivity index (χ0n) is 15.9. The number of aryl methyl sites for hydroxylation is 2. The highest BCUT2D eigenvalue weighted by atomic mass is 16.2. The molecule has 0 aliphatic heterocycles. The van der Waals surface area contributed by atoms with Gasteiger partial charge in [0.25, 0.3) is 5.56 Å². The molecule has 1 N–H and O–H groups in total. The van der Waals surface area contributed by atoms with Gasteiger partial charge in [-0.3, -0.25) is 19.0 Å². The predicted molar refractivity (Wildman–Crippen MR) is 107 cm³/mol. The van der Waals surface area contributed by atoms with Crippen molar-refractivity contribution in [3.05, 3.63) is 69.1 Å². The molecule has 0 atom stereocenters. The van der Waals surface area contributed by atoms with Gasteiger partial charge in [-0.1, -0.05) is 43.7 Å². The van der Waals surface area contributed by atoms with Crippen LogP contribution in [0.5, 0.6) is 0 Å². The first-order valence-corrected chi connectivity index (χ1v) is 9.34. The van der Waals surface area contributed by atoms with Gasteiger partial charge in [-0.25, -0.2) is 9.78 Å². The van der Waals surface area contributed by atoms with Crippen molar-refractivity contribution in [2.45, 2.75) is 32.9 Å². The Morgan fingerprint density at radius 3 is 2.68 bits per heavy atom. The smallest absolute Gasteiger partial charge is 0.318 e. The minimum atomic E-state index is -0.469. The average molecular weight is 378 g/mol. The Morgan fingerprint density at radius 1 is 1.14 bits per heavy atom. The number of aromatic amines is 1. The molecular formula is C20H22N6O2. The van der Waals surface area contributed by atoms with Crippen LogP contribution in [0.25, 0.3) is 22.6 Å². The summed E-state index contributed by atoms with van der Waals surface area (Å²) < 4.78 is 5.11. The van der Waals surface area contributed by atoms with E-state index in [2.05, 4.69) is 22.0 Å². The number of H-pyrrole nitrogens is 1. The monoisotopic (exact) mass is 378 g/mol. The highest BCUT2D eigenvalue weighted by molar-refractivity contribution is 5.76. The molecule has 8 nitrogen and oxygen atoms in total. The van der Waals surface area contributed by atoms with Gasteiger partial charge in [-0.15, -0.1) is 0 Å². The third-order valence-electron chi connectivity index (χ3n) is 4.82. The second-order valence-electron chi connectivity index (χ2n) is 6.84. The summed E-state index contributed by atoms with van der Waals surface area (Å²) in [5.41, 5.74) is 1.89. The van der Waals surface area contributed by atoms with Gasteiger partial charge in [0, 0.05) is 19.8 Å². The first-order chi connectivity index (χ1) is 13.6. The highest BCUT2D eigenvalue weighted by Gasteiger charge is 2.19. The molecular weight excluding hydrogens is 356 g/mol. The lowest BCUT2D eigenvalue weighted by molar-refractivity contribution is 0.648. The minimum Gasteiger partial charge on any atom is -0.318 e. The number of benzene rings is 1. The van der Waals surface area contributed by atoms with E-state index in [1.807, 2.05) is 45.8 Å². The van der Waals surface area contributed by atoms with Gasteiger partial charge in [0.05, 0.1) is 18.3 Å². The maximum absolute atomic E-state index is 12.5. The van der Waals surface area contributed by atoms with Gasteiger partial charge in [-0.2, -0.15) is 5.10 Å². The van der Waals surface area contributed by atoms with Crippen LogP contribution in [-0.4, -0.2) is 28.9 Å². The van der Waals surface area contributed by atoms with E-state index < -0.39 is 11.2 Å².